The van der Waals surface area contributed by atoms with Gasteiger partial charge in [-0.3, -0.25) is 0 Å². The molecular weight excluding hydrogens is 166 g/mol. The van der Waals surface area contributed by atoms with Crippen molar-refractivity contribution in [3.05, 3.63) is 0 Å². The Hall–Kier alpha value is -1.00. The number of thiol groups is 1. The molecule has 0 radical (unpaired) electrons. The van der Waals surface area contributed by atoms with Crippen LogP contribution in [-0.4, -0.2) is 31.1 Å². The molecule has 2 amide bonds. The second-order valence-corrected chi connectivity index (χ2v) is 2.01. The van der Waals surface area contributed by atoms with E-state index in [-0.39, 0.29) is 12.7 Å². The zero-order valence-electron chi connectivity index (χ0n) is 5.83. The molecule has 0 rings (SSSR count). The highest BCUT2D eigenvalue weighted by atomic mass is 32.1. The molecule has 0 atom stereocenters. The molecule has 0 heterocycles. The molecule has 0 fully saturated rings. The number of isocyanates is 1. The van der Waals surface area contributed by atoms with Crippen LogP contribution in [0.25, 0.3) is 0 Å². The minimum absolute atomic E-state index is 0.0398. The first-order valence-corrected chi connectivity index (χ1v) is 3.60. The second-order valence-electron chi connectivity index (χ2n) is 1.56. The molecule has 0 saturated carbocycles. The second kappa shape index (κ2) is 7.11. The Balaban J connectivity index is 3.29. The third-order valence-corrected chi connectivity index (χ3v) is 1.00. The van der Waals surface area contributed by atoms with Crippen molar-refractivity contribution in [1.82, 2.24) is 10.6 Å². The van der Waals surface area contributed by atoms with Gasteiger partial charge in [0.25, 0.3) is 0 Å². The van der Waals surface area contributed by atoms with E-state index in [4.69, 9.17) is 0 Å². The number of hydrogen-bond acceptors (Lipinski definition) is 4. The number of amides is 2. The molecule has 5 nitrogen and oxygen atoms in total. The summed E-state index contributed by atoms with van der Waals surface area (Å²) < 4.78 is 0. The summed E-state index contributed by atoms with van der Waals surface area (Å²) >= 11 is 3.88. The highest BCUT2D eigenvalue weighted by Gasteiger charge is 1.94. The van der Waals surface area contributed by atoms with Crippen LogP contribution < -0.4 is 10.6 Å². The largest absolute Gasteiger partial charge is 0.337 e. The van der Waals surface area contributed by atoms with Gasteiger partial charge in [-0.1, -0.05) is 0 Å². The Kier molecular flexibility index (Phi) is 6.46. The van der Waals surface area contributed by atoms with E-state index in [1.54, 1.807) is 0 Å². The number of nitrogens with one attached hydrogen (secondary N) is 2. The number of rotatable bonds is 4. The summed E-state index contributed by atoms with van der Waals surface area (Å²) in [5.74, 6) is 0.574. The summed E-state index contributed by atoms with van der Waals surface area (Å²) in [5.41, 5.74) is 0. The lowest BCUT2D eigenvalue weighted by atomic mass is 10.7. The lowest BCUT2D eigenvalue weighted by molar-refractivity contribution is 0.242. The molecule has 2 N–H and O–H groups in total. The number of urea groups is 1. The molecule has 0 spiro atoms. The molecule has 0 aromatic heterocycles. The number of carbonyl (C=O) groups excluding carboxylic acids is 2. The smallest absolute Gasteiger partial charge is 0.316 e. The Morgan fingerprint density at radius 2 is 2.27 bits per heavy atom. The first kappa shape index (κ1) is 10.0. The molecule has 0 aliphatic rings. The van der Waals surface area contributed by atoms with Crippen LogP contribution in [0.5, 0.6) is 0 Å². The van der Waals surface area contributed by atoms with Crippen LogP contribution in [0, 0.1) is 0 Å². The van der Waals surface area contributed by atoms with Gasteiger partial charge in [-0.15, -0.1) is 0 Å². The average molecular weight is 175 g/mol. The van der Waals surface area contributed by atoms with Gasteiger partial charge >= 0.3 is 6.03 Å². The van der Waals surface area contributed by atoms with E-state index in [2.05, 4.69) is 28.3 Å². The molecule has 0 bridgehead atoms. The normalized spacial score (nSPS) is 8.09. The summed E-state index contributed by atoms with van der Waals surface area (Å²) in [4.78, 5) is 23.3. The van der Waals surface area contributed by atoms with Crippen molar-refractivity contribution < 1.29 is 9.59 Å². The minimum Gasteiger partial charge on any atom is -0.337 e. The van der Waals surface area contributed by atoms with Crippen molar-refractivity contribution in [2.45, 2.75) is 0 Å². The zero-order chi connectivity index (χ0) is 8.53. The van der Waals surface area contributed by atoms with Crippen LogP contribution in [-0.2, 0) is 4.79 Å². The van der Waals surface area contributed by atoms with Crippen molar-refractivity contribution in [3.8, 4) is 0 Å². The fourth-order valence-corrected chi connectivity index (χ4v) is 0.487. The molecule has 62 valence electrons. The van der Waals surface area contributed by atoms with E-state index >= 15 is 0 Å². The van der Waals surface area contributed by atoms with Crippen LogP contribution in [0.15, 0.2) is 4.99 Å². The quantitative estimate of drug-likeness (QED) is 0.306. The van der Waals surface area contributed by atoms with Gasteiger partial charge in [0.1, 0.15) is 6.67 Å². The fraction of sp³-hybridized carbons (Fsp3) is 0.600. The molecule has 0 unspecified atom stereocenters. The average Bonchev–Trinajstić information content (AvgIpc) is 2.01. The maximum atomic E-state index is 10.6. The molecule has 6 heteroatoms. The number of carbonyl (C=O) groups is 1. The van der Waals surface area contributed by atoms with Gasteiger partial charge in [0, 0.05) is 12.3 Å². The van der Waals surface area contributed by atoms with Crippen LogP contribution >= 0.6 is 12.6 Å². The predicted molar refractivity (Wildman–Crippen MR) is 43.4 cm³/mol. The molecular formula is C5H9N3O2S. The van der Waals surface area contributed by atoms with Gasteiger partial charge in [0.2, 0.25) is 6.08 Å². The molecule has 0 aromatic carbocycles. The molecule has 0 aliphatic heterocycles. The van der Waals surface area contributed by atoms with Gasteiger partial charge in [-0.2, -0.15) is 17.6 Å². The van der Waals surface area contributed by atoms with E-state index in [0.29, 0.717) is 12.3 Å². The van der Waals surface area contributed by atoms with Gasteiger partial charge in [0.15, 0.2) is 0 Å². The van der Waals surface area contributed by atoms with E-state index in [9.17, 15) is 9.59 Å². The van der Waals surface area contributed by atoms with Crippen molar-refractivity contribution in [2.24, 2.45) is 4.99 Å². The van der Waals surface area contributed by atoms with E-state index in [0.717, 1.165) is 0 Å². The van der Waals surface area contributed by atoms with E-state index in [1.165, 1.54) is 6.08 Å². The lowest BCUT2D eigenvalue weighted by Gasteiger charge is -2.01. The Bertz CT molecular complexity index is 167. The molecule has 11 heavy (non-hydrogen) atoms. The first-order chi connectivity index (χ1) is 5.31. The zero-order valence-corrected chi connectivity index (χ0v) is 6.73. The lowest BCUT2D eigenvalue weighted by Crippen LogP contribution is -2.36. The Labute approximate surface area is 69.7 Å². The third kappa shape index (κ3) is 6.89. The van der Waals surface area contributed by atoms with Crippen molar-refractivity contribution in [1.29, 1.82) is 0 Å². The third-order valence-electron chi connectivity index (χ3n) is 0.781. The number of aliphatic imine (C=N–C) groups is 1. The SMILES string of the molecule is O=C=NCNC(=O)NCCS. The highest BCUT2D eigenvalue weighted by molar-refractivity contribution is 7.80. The number of nitrogens with zero attached hydrogens (tertiary/aromatic N) is 1. The Morgan fingerprint density at radius 1 is 1.55 bits per heavy atom. The Morgan fingerprint density at radius 3 is 2.82 bits per heavy atom. The monoisotopic (exact) mass is 175 g/mol. The highest BCUT2D eigenvalue weighted by Crippen LogP contribution is 1.69. The van der Waals surface area contributed by atoms with Crippen molar-refractivity contribution in [2.75, 3.05) is 19.0 Å². The number of hydrogen-bond donors (Lipinski definition) is 3. The maximum Gasteiger partial charge on any atom is 0.316 e. The predicted octanol–water partition coefficient (Wildman–Crippen LogP) is -0.491. The summed E-state index contributed by atoms with van der Waals surface area (Å²) in [6, 6.07) is -0.363. The van der Waals surface area contributed by atoms with E-state index in [1.807, 2.05) is 0 Å². The molecule has 0 aromatic rings. The van der Waals surface area contributed by atoms with Crippen molar-refractivity contribution >= 4 is 24.7 Å². The summed E-state index contributed by atoms with van der Waals surface area (Å²) in [5, 5.41) is 4.78. The topological polar surface area (TPSA) is 70.6 Å². The van der Waals surface area contributed by atoms with E-state index < -0.39 is 0 Å². The molecule has 0 saturated heterocycles. The van der Waals surface area contributed by atoms with Gasteiger partial charge in [-0.05, 0) is 0 Å². The first-order valence-electron chi connectivity index (χ1n) is 2.97. The van der Waals surface area contributed by atoms with Crippen molar-refractivity contribution in [3.63, 3.8) is 0 Å². The van der Waals surface area contributed by atoms with Gasteiger partial charge in [-0.25, -0.2) is 9.59 Å². The van der Waals surface area contributed by atoms with Crippen LogP contribution in [0.1, 0.15) is 0 Å². The summed E-state index contributed by atoms with van der Waals surface area (Å²) in [7, 11) is 0. The van der Waals surface area contributed by atoms with Crippen LogP contribution in [0.2, 0.25) is 0 Å². The summed E-state index contributed by atoms with van der Waals surface area (Å²) in [6.07, 6.45) is 1.30. The fourth-order valence-electron chi connectivity index (χ4n) is 0.376. The summed E-state index contributed by atoms with van der Waals surface area (Å²) in [6.45, 7) is 0.446. The molecule has 0 aliphatic carbocycles. The standard InChI is InChI=1S/C5H9N3O2S/c9-4-6-3-8-5(10)7-1-2-11/h11H,1-3H2,(H2,7,8,10). The van der Waals surface area contributed by atoms with Gasteiger partial charge in [0.05, 0.1) is 0 Å². The maximum absolute atomic E-state index is 10.6. The van der Waals surface area contributed by atoms with Crippen LogP contribution in [0.4, 0.5) is 4.79 Å². The minimum atomic E-state index is -0.363. The van der Waals surface area contributed by atoms with Gasteiger partial charge < -0.3 is 10.6 Å². The van der Waals surface area contributed by atoms with Crippen LogP contribution in [0.3, 0.4) is 0 Å².